The summed E-state index contributed by atoms with van der Waals surface area (Å²) < 4.78 is 5.69. The monoisotopic (exact) mass is 352 g/mol. The standard InChI is InChI=1S/C19H28N2O2.ClH/c22-19(21-17-8-9-18(21)15-20-12-10-17)7-4-13-23-14-11-16-5-2-1-3-6-16;/h1-3,5-6,17-18,20H,4,7-15H2;1H. The van der Waals surface area contributed by atoms with Crippen molar-refractivity contribution in [2.24, 2.45) is 0 Å². The number of carbonyl (C=O) groups is 1. The molecule has 1 aromatic rings. The molecule has 1 aromatic carbocycles. The summed E-state index contributed by atoms with van der Waals surface area (Å²) in [5.41, 5.74) is 1.30. The second-order valence-electron chi connectivity index (χ2n) is 6.63. The molecule has 134 valence electrons. The molecule has 0 aromatic heterocycles. The number of hydrogen-bond donors (Lipinski definition) is 1. The van der Waals surface area contributed by atoms with Crippen LogP contribution in [-0.2, 0) is 16.0 Å². The molecule has 0 spiro atoms. The Balaban J connectivity index is 0.00000208. The molecule has 4 nitrogen and oxygen atoms in total. The van der Waals surface area contributed by atoms with E-state index in [0.717, 1.165) is 45.4 Å². The number of benzene rings is 1. The van der Waals surface area contributed by atoms with Crippen molar-refractivity contribution < 1.29 is 9.53 Å². The maximum atomic E-state index is 12.5. The summed E-state index contributed by atoms with van der Waals surface area (Å²) in [5, 5.41) is 3.44. The molecular weight excluding hydrogens is 324 g/mol. The molecule has 0 saturated carbocycles. The van der Waals surface area contributed by atoms with Crippen LogP contribution in [0.15, 0.2) is 30.3 Å². The molecule has 2 heterocycles. The van der Waals surface area contributed by atoms with Crippen LogP contribution in [0.4, 0.5) is 0 Å². The molecule has 24 heavy (non-hydrogen) atoms. The van der Waals surface area contributed by atoms with Gasteiger partial charge in [-0.15, -0.1) is 12.4 Å². The Morgan fingerprint density at radius 2 is 1.92 bits per heavy atom. The summed E-state index contributed by atoms with van der Waals surface area (Å²) >= 11 is 0. The summed E-state index contributed by atoms with van der Waals surface area (Å²) in [5.74, 6) is 0.327. The van der Waals surface area contributed by atoms with Crippen LogP contribution in [0.1, 0.15) is 37.7 Å². The fourth-order valence-corrected chi connectivity index (χ4v) is 3.78. The smallest absolute Gasteiger partial charge is 0.223 e. The lowest BCUT2D eigenvalue weighted by atomic mass is 10.1. The van der Waals surface area contributed by atoms with Gasteiger partial charge in [-0.1, -0.05) is 30.3 Å². The highest BCUT2D eigenvalue weighted by molar-refractivity contribution is 5.85. The molecular formula is C19H29ClN2O2. The third kappa shape index (κ3) is 5.20. The maximum absolute atomic E-state index is 12.5. The van der Waals surface area contributed by atoms with Crippen LogP contribution in [0.25, 0.3) is 0 Å². The summed E-state index contributed by atoms with van der Waals surface area (Å²) in [4.78, 5) is 14.7. The van der Waals surface area contributed by atoms with E-state index in [2.05, 4.69) is 34.5 Å². The second kappa shape index (κ2) is 10.0. The minimum absolute atomic E-state index is 0. The van der Waals surface area contributed by atoms with Crippen LogP contribution in [0.5, 0.6) is 0 Å². The normalized spacial score (nSPS) is 22.8. The molecule has 2 aliphatic heterocycles. The molecule has 2 unspecified atom stereocenters. The van der Waals surface area contributed by atoms with Crippen molar-refractivity contribution in [1.82, 2.24) is 10.2 Å². The molecule has 2 saturated heterocycles. The van der Waals surface area contributed by atoms with Gasteiger partial charge in [-0.3, -0.25) is 4.79 Å². The van der Waals surface area contributed by atoms with Crippen molar-refractivity contribution in [1.29, 1.82) is 0 Å². The highest BCUT2D eigenvalue weighted by atomic mass is 35.5. The van der Waals surface area contributed by atoms with E-state index < -0.39 is 0 Å². The third-order valence-electron chi connectivity index (χ3n) is 5.00. The molecule has 3 rings (SSSR count). The van der Waals surface area contributed by atoms with Gasteiger partial charge in [0.2, 0.25) is 5.91 Å². The molecule has 1 N–H and O–H groups in total. The maximum Gasteiger partial charge on any atom is 0.223 e. The van der Waals surface area contributed by atoms with Crippen molar-refractivity contribution in [3.05, 3.63) is 35.9 Å². The van der Waals surface area contributed by atoms with E-state index in [4.69, 9.17) is 4.74 Å². The first-order valence-electron chi connectivity index (χ1n) is 8.98. The number of nitrogens with zero attached hydrogens (tertiary/aromatic N) is 1. The van der Waals surface area contributed by atoms with Crippen LogP contribution >= 0.6 is 12.4 Å². The zero-order valence-electron chi connectivity index (χ0n) is 14.3. The van der Waals surface area contributed by atoms with E-state index in [-0.39, 0.29) is 12.4 Å². The van der Waals surface area contributed by atoms with Crippen LogP contribution < -0.4 is 5.32 Å². The highest BCUT2D eigenvalue weighted by Gasteiger charge is 2.37. The second-order valence-corrected chi connectivity index (χ2v) is 6.63. The first-order valence-corrected chi connectivity index (χ1v) is 8.98. The molecule has 0 aliphatic carbocycles. The van der Waals surface area contributed by atoms with Gasteiger partial charge in [0.1, 0.15) is 0 Å². The zero-order valence-corrected chi connectivity index (χ0v) is 15.1. The van der Waals surface area contributed by atoms with Crippen LogP contribution in [0, 0.1) is 0 Å². The van der Waals surface area contributed by atoms with Gasteiger partial charge >= 0.3 is 0 Å². The van der Waals surface area contributed by atoms with Crippen molar-refractivity contribution >= 4 is 18.3 Å². The summed E-state index contributed by atoms with van der Waals surface area (Å²) in [7, 11) is 0. The summed E-state index contributed by atoms with van der Waals surface area (Å²) in [6.07, 6.45) is 5.85. The number of carbonyl (C=O) groups excluding carboxylic acids is 1. The number of fused-ring (bicyclic) bond motifs is 2. The third-order valence-corrected chi connectivity index (χ3v) is 5.00. The predicted molar refractivity (Wildman–Crippen MR) is 98.6 cm³/mol. The number of ether oxygens (including phenoxy) is 1. The lowest BCUT2D eigenvalue weighted by Crippen LogP contribution is -2.42. The topological polar surface area (TPSA) is 41.6 Å². The Morgan fingerprint density at radius 1 is 1.12 bits per heavy atom. The van der Waals surface area contributed by atoms with Crippen molar-refractivity contribution in [2.45, 2.75) is 50.6 Å². The fourth-order valence-electron chi connectivity index (χ4n) is 3.78. The lowest BCUT2D eigenvalue weighted by molar-refractivity contribution is -0.134. The summed E-state index contributed by atoms with van der Waals surface area (Å²) in [6, 6.07) is 11.3. The molecule has 0 radical (unpaired) electrons. The van der Waals surface area contributed by atoms with E-state index in [1.807, 2.05) is 6.07 Å². The SMILES string of the molecule is Cl.O=C(CCCOCCc1ccccc1)N1C2CCNCC1CC2. The fraction of sp³-hybridized carbons (Fsp3) is 0.632. The number of amides is 1. The van der Waals surface area contributed by atoms with Gasteiger partial charge in [-0.25, -0.2) is 0 Å². The number of rotatable bonds is 7. The van der Waals surface area contributed by atoms with Crippen molar-refractivity contribution in [2.75, 3.05) is 26.3 Å². The average Bonchev–Trinajstić information content (AvgIpc) is 2.84. The molecule has 1 amide bonds. The van der Waals surface area contributed by atoms with Gasteiger partial charge in [-0.05, 0) is 44.2 Å². The van der Waals surface area contributed by atoms with E-state index in [0.29, 0.717) is 31.0 Å². The minimum Gasteiger partial charge on any atom is -0.381 e. The largest absolute Gasteiger partial charge is 0.381 e. The van der Waals surface area contributed by atoms with Gasteiger partial charge in [0, 0.05) is 31.7 Å². The van der Waals surface area contributed by atoms with E-state index in [1.165, 1.54) is 12.0 Å². The average molecular weight is 353 g/mol. The quantitative estimate of drug-likeness (QED) is 0.767. The van der Waals surface area contributed by atoms with E-state index in [1.54, 1.807) is 0 Å². The zero-order chi connectivity index (χ0) is 15.9. The van der Waals surface area contributed by atoms with Crippen LogP contribution in [-0.4, -0.2) is 49.2 Å². The van der Waals surface area contributed by atoms with Crippen LogP contribution in [0.2, 0.25) is 0 Å². The number of halogens is 1. The van der Waals surface area contributed by atoms with E-state index in [9.17, 15) is 4.79 Å². The highest BCUT2D eigenvalue weighted by Crippen LogP contribution is 2.28. The molecule has 5 heteroatoms. The van der Waals surface area contributed by atoms with Gasteiger partial charge < -0.3 is 15.0 Å². The van der Waals surface area contributed by atoms with E-state index >= 15 is 0 Å². The Hall–Kier alpha value is -1.10. The van der Waals surface area contributed by atoms with Gasteiger partial charge in [0.05, 0.1) is 6.61 Å². The predicted octanol–water partition coefficient (Wildman–Crippen LogP) is 2.80. The van der Waals surface area contributed by atoms with Crippen LogP contribution in [0.3, 0.4) is 0 Å². The number of nitrogens with one attached hydrogen (secondary N) is 1. The Bertz CT molecular complexity index is 483. The Kier molecular flexibility index (Phi) is 8.03. The lowest BCUT2D eigenvalue weighted by Gasteiger charge is -2.28. The Morgan fingerprint density at radius 3 is 2.75 bits per heavy atom. The molecule has 2 aliphatic rings. The molecule has 2 bridgehead atoms. The van der Waals surface area contributed by atoms with Gasteiger partial charge in [0.25, 0.3) is 0 Å². The Labute approximate surface area is 151 Å². The molecule has 2 atom stereocenters. The van der Waals surface area contributed by atoms with Crippen molar-refractivity contribution in [3.63, 3.8) is 0 Å². The van der Waals surface area contributed by atoms with Crippen molar-refractivity contribution in [3.8, 4) is 0 Å². The van der Waals surface area contributed by atoms with Gasteiger partial charge in [-0.2, -0.15) is 0 Å². The minimum atomic E-state index is 0. The number of hydrogen-bond acceptors (Lipinski definition) is 3. The summed E-state index contributed by atoms with van der Waals surface area (Å²) in [6.45, 7) is 3.43. The first-order chi connectivity index (χ1) is 11.3. The van der Waals surface area contributed by atoms with Gasteiger partial charge in [0.15, 0.2) is 0 Å². The first kappa shape index (κ1) is 19.2. The molecule has 2 fully saturated rings.